The van der Waals surface area contributed by atoms with Crippen molar-refractivity contribution in [1.29, 1.82) is 0 Å². The fourth-order valence-corrected chi connectivity index (χ4v) is 4.35. The number of nitrogens with zero attached hydrogens (tertiary/aromatic N) is 3. The molecule has 1 heterocycles. The Bertz CT molecular complexity index is 892. The number of carbonyl (C=O) groups is 1. The molecule has 2 aromatic rings. The van der Waals surface area contributed by atoms with Gasteiger partial charge in [-0.1, -0.05) is 30.3 Å². The zero-order valence-electron chi connectivity index (χ0n) is 20.3. The van der Waals surface area contributed by atoms with Crippen LogP contribution < -0.4 is 14.4 Å². The number of piperazine rings is 1. The quantitative estimate of drug-likeness (QED) is 0.594. The predicted molar refractivity (Wildman–Crippen MR) is 131 cm³/mol. The van der Waals surface area contributed by atoms with Crippen molar-refractivity contribution in [2.24, 2.45) is 0 Å². The summed E-state index contributed by atoms with van der Waals surface area (Å²) in [5.74, 6) is 1.44. The van der Waals surface area contributed by atoms with Crippen molar-refractivity contribution in [2.75, 3.05) is 64.9 Å². The molecule has 7 nitrogen and oxygen atoms in total. The van der Waals surface area contributed by atoms with Gasteiger partial charge in [0.05, 0.1) is 7.11 Å². The lowest BCUT2D eigenvalue weighted by molar-refractivity contribution is -0.118. The second kappa shape index (κ2) is 12.0. The Balaban J connectivity index is 1.38. The SMILES string of the molecule is COc1ccccc1OCC(O)CN1CCN(CCC(=O)N(C)c2c(C)cccc2C)CC1. The Kier molecular flexibility index (Phi) is 9.11. The van der Waals surface area contributed by atoms with E-state index in [1.165, 1.54) is 0 Å². The van der Waals surface area contributed by atoms with Crippen molar-refractivity contribution in [1.82, 2.24) is 9.80 Å². The van der Waals surface area contributed by atoms with E-state index in [2.05, 4.69) is 9.80 Å². The number of aliphatic hydroxyl groups is 1. The van der Waals surface area contributed by atoms with E-state index in [9.17, 15) is 9.90 Å². The van der Waals surface area contributed by atoms with Gasteiger partial charge in [0.2, 0.25) is 5.91 Å². The first-order valence-corrected chi connectivity index (χ1v) is 11.6. The minimum absolute atomic E-state index is 0.138. The fourth-order valence-electron chi connectivity index (χ4n) is 4.35. The zero-order chi connectivity index (χ0) is 23.8. The minimum Gasteiger partial charge on any atom is -0.493 e. The van der Waals surface area contributed by atoms with Crippen LogP contribution in [0, 0.1) is 13.8 Å². The van der Waals surface area contributed by atoms with Crippen molar-refractivity contribution in [3.8, 4) is 11.5 Å². The van der Waals surface area contributed by atoms with Crippen molar-refractivity contribution in [2.45, 2.75) is 26.4 Å². The number of benzene rings is 2. The summed E-state index contributed by atoms with van der Waals surface area (Å²) in [4.78, 5) is 19.1. The number of para-hydroxylation sites is 3. The van der Waals surface area contributed by atoms with Crippen LogP contribution in [0.2, 0.25) is 0 Å². The highest BCUT2D eigenvalue weighted by molar-refractivity contribution is 5.94. The van der Waals surface area contributed by atoms with Crippen LogP contribution in [0.3, 0.4) is 0 Å². The number of aryl methyl sites for hydroxylation is 2. The van der Waals surface area contributed by atoms with E-state index in [0.717, 1.165) is 49.5 Å². The van der Waals surface area contributed by atoms with Crippen LogP contribution in [0.25, 0.3) is 0 Å². The van der Waals surface area contributed by atoms with Gasteiger partial charge in [-0.25, -0.2) is 0 Å². The summed E-state index contributed by atoms with van der Waals surface area (Å²) in [6, 6.07) is 13.6. The van der Waals surface area contributed by atoms with Gasteiger partial charge in [-0.05, 0) is 37.1 Å². The molecule has 1 aliphatic heterocycles. The Morgan fingerprint density at radius 3 is 2.24 bits per heavy atom. The first kappa shape index (κ1) is 25.0. The largest absolute Gasteiger partial charge is 0.493 e. The number of ether oxygens (including phenoxy) is 2. The molecule has 0 spiro atoms. The third kappa shape index (κ3) is 6.93. The Labute approximate surface area is 197 Å². The van der Waals surface area contributed by atoms with Crippen LogP contribution in [0.4, 0.5) is 5.69 Å². The van der Waals surface area contributed by atoms with Gasteiger partial charge in [-0.2, -0.15) is 0 Å². The lowest BCUT2D eigenvalue weighted by atomic mass is 10.1. The third-order valence-corrected chi connectivity index (χ3v) is 6.23. The second-order valence-electron chi connectivity index (χ2n) is 8.70. The number of hydrogen-bond acceptors (Lipinski definition) is 6. The maximum Gasteiger partial charge on any atom is 0.228 e. The third-order valence-electron chi connectivity index (χ3n) is 6.23. The van der Waals surface area contributed by atoms with E-state index < -0.39 is 6.10 Å². The smallest absolute Gasteiger partial charge is 0.228 e. The van der Waals surface area contributed by atoms with Crippen LogP contribution >= 0.6 is 0 Å². The number of anilines is 1. The summed E-state index contributed by atoms with van der Waals surface area (Å²) in [7, 11) is 3.47. The summed E-state index contributed by atoms with van der Waals surface area (Å²) in [5.41, 5.74) is 3.25. The average Bonchev–Trinajstić information content (AvgIpc) is 2.82. The molecule has 33 heavy (non-hydrogen) atoms. The van der Waals surface area contributed by atoms with Crippen LogP contribution in [-0.4, -0.2) is 87.0 Å². The Morgan fingerprint density at radius 2 is 1.61 bits per heavy atom. The summed E-state index contributed by atoms with van der Waals surface area (Å²) in [6.45, 7) is 9.14. The van der Waals surface area contributed by atoms with E-state index in [1.807, 2.05) is 63.4 Å². The van der Waals surface area contributed by atoms with E-state index >= 15 is 0 Å². The normalized spacial score (nSPS) is 15.8. The molecule has 1 fully saturated rings. The summed E-state index contributed by atoms with van der Waals surface area (Å²) >= 11 is 0. The molecule has 3 rings (SSSR count). The van der Waals surface area contributed by atoms with Crippen LogP contribution in [0.5, 0.6) is 11.5 Å². The monoisotopic (exact) mass is 455 g/mol. The standard InChI is InChI=1S/C26H37N3O4/c1-20-8-7-9-21(2)26(20)27(3)25(31)12-13-28-14-16-29(17-15-28)18-22(30)19-33-24-11-6-5-10-23(24)32-4/h5-11,22,30H,12-19H2,1-4H3. The van der Waals surface area contributed by atoms with E-state index in [1.54, 1.807) is 12.0 Å². The molecule has 180 valence electrons. The molecular weight excluding hydrogens is 418 g/mol. The van der Waals surface area contributed by atoms with Gasteiger partial charge < -0.3 is 24.4 Å². The first-order valence-electron chi connectivity index (χ1n) is 11.6. The van der Waals surface area contributed by atoms with Gasteiger partial charge in [0.1, 0.15) is 12.7 Å². The molecule has 1 N–H and O–H groups in total. The van der Waals surface area contributed by atoms with Crippen LogP contribution in [0.1, 0.15) is 17.5 Å². The van der Waals surface area contributed by atoms with Crippen molar-refractivity contribution in [3.63, 3.8) is 0 Å². The molecule has 2 aromatic carbocycles. The van der Waals surface area contributed by atoms with Crippen LogP contribution in [-0.2, 0) is 4.79 Å². The molecule has 0 saturated carbocycles. The topological polar surface area (TPSA) is 65.5 Å². The predicted octanol–water partition coefficient (Wildman–Crippen LogP) is 2.72. The van der Waals surface area contributed by atoms with Gasteiger partial charge in [-0.15, -0.1) is 0 Å². The zero-order valence-corrected chi connectivity index (χ0v) is 20.3. The number of hydrogen-bond donors (Lipinski definition) is 1. The Hall–Kier alpha value is -2.61. The summed E-state index contributed by atoms with van der Waals surface area (Å²) in [6.07, 6.45) is -0.0753. The summed E-state index contributed by atoms with van der Waals surface area (Å²) < 4.78 is 11.0. The van der Waals surface area contributed by atoms with Crippen molar-refractivity contribution in [3.05, 3.63) is 53.6 Å². The molecule has 0 aromatic heterocycles. The van der Waals surface area contributed by atoms with Crippen molar-refractivity contribution >= 4 is 11.6 Å². The number of rotatable bonds is 10. The van der Waals surface area contributed by atoms with Gasteiger partial charge in [0.15, 0.2) is 11.5 Å². The highest BCUT2D eigenvalue weighted by Gasteiger charge is 2.21. The Morgan fingerprint density at radius 1 is 1.00 bits per heavy atom. The molecule has 7 heteroatoms. The van der Waals surface area contributed by atoms with E-state index in [-0.39, 0.29) is 12.5 Å². The highest BCUT2D eigenvalue weighted by atomic mass is 16.5. The molecular formula is C26H37N3O4. The number of methoxy groups -OCH3 is 1. The fraction of sp³-hybridized carbons (Fsp3) is 0.500. The molecule has 1 amide bonds. The minimum atomic E-state index is -0.575. The molecule has 0 aliphatic carbocycles. The first-order chi connectivity index (χ1) is 15.9. The number of β-amino-alcohol motifs (C(OH)–C–C–N with tert-alkyl or cyclic N) is 1. The maximum atomic E-state index is 12.8. The van der Waals surface area contributed by atoms with Gasteiger partial charge in [-0.3, -0.25) is 9.69 Å². The highest BCUT2D eigenvalue weighted by Crippen LogP contribution is 2.26. The van der Waals surface area contributed by atoms with Crippen molar-refractivity contribution < 1.29 is 19.4 Å². The lowest BCUT2D eigenvalue weighted by Crippen LogP contribution is -2.49. The number of amides is 1. The number of carbonyl (C=O) groups excluding carboxylic acids is 1. The maximum absolute atomic E-state index is 12.8. The van der Waals surface area contributed by atoms with E-state index in [4.69, 9.17) is 9.47 Å². The average molecular weight is 456 g/mol. The molecule has 1 aliphatic rings. The molecule has 0 bridgehead atoms. The number of aliphatic hydroxyl groups excluding tert-OH is 1. The van der Waals surface area contributed by atoms with Gasteiger partial charge >= 0.3 is 0 Å². The molecule has 1 atom stereocenters. The molecule has 0 radical (unpaired) electrons. The van der Waals surface area contributed by atoms with Gasteiger partial charge in [0, 0.05) is 58.4 Å². The van der Waals surface area contributed by atoms with E-state index in [0.29, 0.717) is 24.5 Å². The summed E-state index contributed by atoms with van der Waals surface area (Å²) in [5, 5.41) is 10.4. The van der Waals surface area contributed by atoms with Crippen LogP contribution in [0.15, 0.2) is 42.5 Å². The van der Waals surface area contributed by atoms with Gasteiger partial charge in [0.25, 0.3) is 0 Å². The second-order valence-corrected chi connectivity index (χ2v) is 8.70. The molecule has 1 unspecified atom stereocenters. The molecule has 1 saturated heterocycles. The lowest BCUT2D eigenvalue weighted by Gasteiger charge is -2.35.